The maximum absolute atomic E-state index is 4.74. The zero-order valence-electron chi connectivity index (χ0n) is 9.81. The lowest BCUT2D eigenvalue weighted by atomic mass is 10.0. The second kappa shape index (κ2) is 5.26. The summed E-state index contributed by atoms with van der Waals surface area (Å²) in [4.78, 5) is 4.74. The molecule has 0 bridgehead atoms. The number of thiazole rings is 1. The van der Waals surface area contributed by atoms with Gasteiger partial charge in [0.25, 0.3) is 0 Å². The summed E-state index contributed by atoms with van der Waals surface area (Å²) in [5.74, 6) is 0.619. The standard InChI is InChI=1S/C14H17NS/c1-3-11(4-2)13-10-16-14(15-13)12-8-6-5-7-9-12/h5-11H,3-4H2,1-2H3. The molecule has 0 saturated carbocycles. The van der Waals surface area contributed by atoms with E-state index in [1.165, 1.54) is 24.1 Å². The van der Waals surface area contributed by atoms with Crippen LogP contribution in [0.25, 0.3) is 10.6 Å². The molecule has 0 aliphatic carbocycles. The average Bonchev–Trinajstić information content (AvgIpc) is 2.81. The van der Waals surface area contributed by atoms with Crippen LogP contribution in [0.1, 0.15) is 38.3 Å². The lowest BCUT2D eigenvalue weighted by Gasteiger charge is -2.07. The van der Waals surface area contributed by atoms with Crippen LogP contribution in [0, 0.1) is 0 Å². The van der Waals surface area contributed by atoms with Gasteiger partial charge in [0.1, 0.15) is 5.01 Å². The molecule has 0 atom stereocenters. The van der Waals surface area contributed by atoms with Crippen LogP contribution >= 0.6 is 11.3 Å². The summed E-state index contributed by atoms with van der Waals surface area (Å²) >= 11 is 1.75. The minimum atomic E-state index is 0.619. The van der Waals surface area contributed by atoms with Crippen molar-refractivity contribution in [3.63, 3.8) is 0 Å². The van der Waals surface area contributed by atoms with E-state index >= 15 is 0 Å². The fraction of sp³-hybridized carbons (Fsp3) is 0.357. The molecule has 1 heterocycles. The van der Waals surface area contributed by atoms with Crippen molar-refractivity contribution in [2.45, 2.75) is 32.6 Å². The maximum Gasteiger partial charge on any atom is 0.123 e. The van der Waals surface area contributed by atoms with Gasteiger partial charge in [-0.3, -0.25) is 0 Å². The van der Waals surface area contributed by atoms with E-state index in [4.69, 9.17) is 4.98 Å². The zero-order valence-corrected chi connectivity index (χ0v) is 10.6. The molecule has 84 valence electrons. The van der Waals surface area contributed by atoms with Gasteiger partial charge < -0.3 is 0 Å². The molecule has 1 aromatic heterocycles. The van der Waals surface area contributed by atoms with Crippen molar-refractivity contribution in [1.82, 2.24) is 4.98 Å². The molecular formula is C14H17NS. The Kier molecular flexibility index (Phi) is 3.73. The number of rotatable bonds is 4. The van der Waals surface area contributed by atoms with Gasteiger partial charge in [0.15, 0.2) is 0 Å². The fourth-order valence-corrected chi connectivity index (χ4v) is 2.80. The minimum Gasteiger partial charge on any atom is -0.241 e. The molecule has 0 spiro atoms. The van der Waals surface area contributed by atoms with E-state index in [0.29, 0.717) is 5.92 Å². The smallest absolute Gasteiger partial charge is 0.123 e. The van der Waals surface area contributed by atoms with Crippen LogP contribution in [0.3, 0.4) is 0 Å². The highest BCUT2D eigenvalue weighted by atomic mass is 32.1. The van der Waals surface area contributed by atoms with Gasteiger partial charge in [-0.05, 0) is 12.8 Å². The van der Waals surface area contributed by atoms with E-state index in [1.54, 1.807) is 11.3 Å². The summed E-state index contributed by atoms with van der Waals surface area (Å²) in [6.07, 6.45) is 2.35. The first-order valence-corrected chi connectivity index (χ1v) is 6.74. The Hall–Kier alpha value is -1.15. The third kappa shape index (κ3) is 2.33. The van der Waals surface area contributed by atoms with Crippen LogP contribution < -0.4 is 0 Å². The third-order valence-corrected chi connectivity index (χ3v) is 3.86. The summed E-state index contributed by atoms with van der Waals surface area (Å²) in [5.41, 5.74) is 2.48. The van der Waals surface area contributed by atoms with Crippen LogP contribution in [-0.4, -0.2) is 4.98 Å². The van der Waals surface area contributed by atoms with Crippen molar-refractivity contribution in [2.75, 3.05) is 0 Å². The molecule has 0 fully saturated rings. The maximum atomic E-state index is 4.74. The summed E-state index contributed by atoms with van der Waals surface area (Å²) in [5, 5.41) is 3.35. The van der Waals surface area contributed by atoms with Gasteiger partial charge >= 0.3 is 0 Å². The summed E-state index contributed by atoms with van der Waals surface area (Å²) in [6.45, 7) is 4.46. The first-order valence-electron chi connectivity index (χ1n) is 5.86. The van der Waals surface area contributed by atoms with E-state index in [2.05, 4.69) is 43.5 Å². The lowest BCUT2D eigenvalue weighted by Crippen LogP contribution is -1.95. The molecular weight excluding hydrogens is 214 g/mol. The first-order chi connectivity index (χ1) is 7.85. The quantitative estimate of drug-likeness (QED) is 0.742. The van der Waals surface area contributed by atoms with Gasteiger partial charge in [0.2, 0.25) is 0 Å². The molecule has 0 amide bonds. The molecule has 1 aromatic carbocycles. The second-order valence-corrected chi connectivity index (χ2v) is 4.82. The largest absolute Gasteiger partial charge is 0.241 e. The Morgan fingerprint density at radius 1 is 1.12 bits per heavy atom. The molecule has 16 heavy (non-hydrogen) atoms. The van der Waals surface area contributed by atoms with Crippen molar-refractivity contribution in [3.8, 4) is 10.6 Å². The Balaban J connectivity index is 2.26. The van der Waals surface area contributed by atoms with Gasteiger partial charge in [-0.15, -0.1) is 11.3 Å². The summed E-state index contributed by atoms with van der Waals surface area (Å²) < 4.78 is 0. The van der Waals surface area contributed by atoms with Crippen LogP contribution in [0.5, 0.6) is 0 Å². The van der Waals surface area contributed by atoms with E-state index in [-0.39, 0.29) is 0 Å². The van der Waals surface area contributed by atoms with E-state index < -0.39 is 0 Å². The summed E-state index contributed by atoms with van der Waals surface area (Å²) in [6, 6.07) is 10.4. The number of benzene rings is 1. The number of nitrogens with zero attached hydrogens (tertiary/aromatic N) is 1. The molecule has 2 aromatic rings. The lowest BCUT2D eigenvalue weighted by molar-refractivity contribution is 0.627. The predicted molar refractivity (Wildman–Crippen MR) is 70.9 cm³/mol. The van der Waals surface area contributed by atoms with Crippen LogP contribution in [-0.2, 0) is 0 Å². The molecule has 0 aliphatic rings. The highest BCUT2D eigenvalue weighted by Gasteiger charge is 2.11. The molecule has 0 saturated heterocycles. The number of hydrogen-bond acceptors (Lipinski definition) is 2. The molecule has 1 nitrogen and oxygen atoms in total. The van der Waals surface area contributed by atoms with Gasteiger partial charge in [-0.2, -0.15) is 0 Å². The minimum absolute atomic E-state index is 0.619. The Morgan fingerprint density at radius 3 is 2.44 bits per heavy atom. The van der Waals surface area contributed by atoms with E-state index in [1.807, 2.05) is 6.07 Å². The van der Waals surface area contributed by atoms with Crippen molar-refractivity contribution < 1.29 is 0 Å². The zero-order chi connectivity index (χ0) is 11.4. The Labute approximate surface area is 101 Å². The van der Waals surface area contributed by atoms with Crippen molar-refractivity contribution in [1.29, 1.82) is 0 Å². The molecule has 0 unspecified atom stereocenters. The summed E-state index contributed by atoms with van der Waals surface area (Å²) in [7, 11) is 0. The topological polar surface area (TPSA) is 12.9 Å². The van der Waals surface area contributed by atoms with Gasteiger partial charge in [-0.25, -0.2) is 4.98 Å². The number of aromatic nitrogens is 1. The van der Waals surface area contributed by atoms with Gasteiger partial charge in [0.05, 0.1) is 5.69 Å². The van der Waals surface area contributed by atoms with Gasteiger partial charge in [0, 0.05) is 16.9 Å². The Morgan fingerprint density at radius 2 is 1.81 bits per heavy atom. The number of hydrogen-bond donors (Lipinski definition) is 0. The normalized spacial score (nSPS) is 10.9. The van der Waals surface area contributed by atoms with Crippen molar-refractivity contribution in [2.24, 2.45) is 0 Å². The molecule has 0 aliphatic heterocycles. The first kappa shape index (κ1) is 11.3. The second-order valence-electron chi connectivity index (χ2n) is 3.96. The van der Waals surface area contributed by atoms with Crippen LogP contribution in [0.15, 0.2) is 35.7 Å². The third-order valence-electron chi connectivity index (χ3n) is 2.95. The van der Waals surface area contributed by atoms with Crippen molar-refractivity contribution >= 4 is 11.3 Å². The van der Waals surface area contributed by atoms with E-state index in [9.17, 15) is 0 Å². The SMILES string of the molecule is CCC(CC)c1csc(-c2ccccc2)n1. The predicted octanol–water partition coefficient (Wildman–Crippen LogP) is 4.71. The van der Waals surface area contributed by atoms with E-state index in [0.717, 1.165) is 5.01 Å². The highest BCUT2D eigenvalue weighted by molar-refractivity contribution is 7.13. The fourth-order valence-electron chi connectivity index (χ4n) is 1.89. The highest BCUT2D eigenvalue weighted by Crippen LogP contribution is 2.29. The monoisotopic (exact) mass is 231 g/mol. The molecule has 0 radical (unpaired) electrons. The Bertz CT molecular complexity index is 429. The van der Waals surface area contributed by atoms with Gasteiger partial charge in [-0.1, -0.05) is 44.2 Å². The van der Waals surface area contributed by atoms with Crippen molar-refractivity contribution in [3.05, 3.63) is 41.4 Å². The molecule has 2 rings (SSSR count). The molecule has 0 N–H and O–H groups in total. The van der Waals surface area contributed by atoms with Crippen LogP contribution in [0.2, 0.25) is 0 Å². The molecule has 2 heteroatoms. The van der Waals surface area contributed by atoms with Crippen LogP contribution in [0.4, 0.5) is 0 Å². The average molecular weight is 231 g/mol.